The average molecular weight is 454 g/mol. The van der Waals surface area contributed by atoms with Gasteiger partial charge in [0.15, 0.2) is 0 Å². The van der Waals surface area contributed by atoms with E-state index in [-0.39, 0.29) is 0 Å². The summed E-state index contributed by atoms with van der Waals surface area (Å²) < 4.78 is 46.3. The maximum absolute atomic E-state index is 13.0. The fourth-order valence-electron chi connectivity index (χ4n) is 3.50. The molecule has 6 heteroatoms. The van der Waals surface area contributed by atoms with Crippen LogP contribution in [0.1, 0.15) is 11.1 Å². The average Bonchev–Trinajstić information content (AvgIpc) is 2.81. The molecule has 0 aliphatic rings. The number of anilines is 1. The standard InChI is InChI=1S/C26H22F3NOS/c1-31-22-13-9-19(10-14-22)17-18-30(25-8-4-6-20-5-2-3-7-24(20)25)32-23-15-11-21(12-16-23)26(27,28)29/h2-16H,17-18H2,1H3. The van der Waals surface area contributed by atoms with E-state index in [1.807, 2.05) is 48.5 Å². The summed E-state index contributed by atoms with van der Waals surface area (Å²) in [6, 6.07) is 27.5. The molecule has 0 amide bonds. The normalized spacial score (nSPS) is 11.5. The summed E-state index contributed by atoms with van der Waals surface area (Å²) in [7, 11) is 1.64. The van der Waals surface area contributed by atoms with Crippen LogP contribution in [0.4, 0.5) is 18.9 Å². The molecule has 0 fully saturated rings. The number of methoxy groups -OCH3 is 1. The van der Waals surface area contributed by atoms with E-state index in [0.717, 1.165) is 51.2 Å². The lowest BCUT2D eigenvalue weighted by Crippen LogP contribution is -2.18. The van der Waals surface area contributed by atoms with Crippen LogP contribution in [-0.4, -0.2) is 13.7 Å². The molecular formula is C26H22F3NOS. The largest absolute Gasteiger partial charge is 0.497 e. The zero-order chi connectivity index (χ0) is 22.6. The van der Waals surface area contributed by atoms with Crippen LogP contribution in [0.2, 0.25) is 0 Å². The van der Waals surface area contributed by atoms with E-state index in [0.29, 0.717) is 6.54 Å². The molecule has 0 aromatic heterocycles. The van der Waals surface area contributed by atoms with Gasteiger partial charge in [0, 0.05) is 16.8 Å². The quantitative estimate of drug-likeness (QED) is 0.267. The minimum absolute atomic E-state index is 0.642. The highest BCUT2D eigenvalue weighted by atomic mass is 32.2. The third kappa shape index (κ3) is 5.19. The molecule has 4 aromatic rings. The van der Waals surface area contributed by atoms with Gasteiger partial charge in [-0.2, -0.15) is 13.2 Å². The first kappa shape index (κ1) is 22.1. The minimum Gasteiger partial charge on any atom is -0.497 e. The second-order valence-electron chi connectivity index (χ2n) is 7.31. The van der Waals surface area contributed by atoms with Crippen LogP contribution in [0, 0.1) is 0 Å². The Morgan fingerprint density at radius 3 is 2.19 bits per heavy atom. The Morgan fingerprint density at radius 1 is 0.812 bits per heavy atom. The van der Waals surface area contributed by atoms with E-state index in [9.17, 15) is 13.2 Å². The molecule has 0 saturated heterocycles. The summed E-state index contributed by atoms with van der Waals surface area (Å²) in [4.78, 5) is 0.751. The lowest BCUT2D eigenvalue weighted by atomic mass is 10.1. The third-order valence-corrected chi connectivity index (χ3v) is 6.28. The van der Waals surface area contributed by atoms with Crippen LogP contribution in [0.15, 0.2) is 95.9 Å². The van der Waals surface area contributed by atoms with Crippen molar-refractivity contribution in [2.45, 2.75) is 17.5 Å². The van der Waals surface area contributed by atoms with Gasteiger partial charge in [0.2, 0.25) is 0 Å². The molecule has 4 aromatic carbocycles. The highest BCUT2D eigenvalue weighted by Gasteiger charge is 2.30. The number of fused-ring (bicyclic) bond motifs is 1. The zero-order valence-corrected chi connectivity index (χ0v) is 18.3. The van der Waals surface area contributed by atoms with Gasteiger partial charge in [0.25, 0.3) is 0 Å². The van der Waals surface area contributed by atoms with Gasteiger partial charge in [-0.3, -0.25) is 0 Å². The molecular weight excluding hydrogens is 431 g/mol. The zero-order valence-electron chi connectivity index (χ0n) is 17.5. The number of hydrogen-bond donors (Lipinski definition) is 0. The van der Waals surface area contributed by atoms with Crippen molar-refractivity contribution in [2.24, 2.45) is 0 Å². The van der Waals surface area contributed by atoms with Gasteiger partial charge >= 0.3 is 6.18 Å². The number of rotatable bonds is 7. The summed E-state index contributed by atoms with van der Waals surface area (Å²) in [5.74, 6) is 0.804. The molecule has 164 valence electrons. The maximum atomic E-state index is 13.0. The van der Waals surface area contributed by atoms with Gasteiger partial charge in [-0.1, -0.05) is 48.5 Å². The van der Waals surface area contributed by atoms with Crippen molar-refractivity contribution < 1.29 is 17.9 Å². The summed E-state index contributed by atoms with van der Waals surface area (Å²) in [5.41, 5.74) is 1.54. The van der Waals surface area contributed by atoms with Gasteiger partial charge < -0.3 is 9.04 Å². The third-order valence-electron chi connectivity index (χ3n) is 5.20. The predicted octanol–water partition coefficient (Wildman–Crippen LogP) is 7.62. The highest BCUT2D eigenvalue weighted by Crippen LogP contribution is 2.36. The molecule has 0 radical (unpaired) electrons. The van der Waals surface area contributed by atoms with Gasteiger partial charge in [0.1, 0.15) is 5.75 Å². The van der Waals surface area contributed by atoms with E-state index < -0.39 is 11.7 Å². The monoisotopic (exact) mass is 453 g/mol. The number of nitrogens with zero attached hydrogens (tertiary/aromatic N) is 1. The van der Waals surface area contributed by atoms with Crippen molar-refractivity contribution in [3.05, 3.63) is 102 Å². The molecule has 0 bridgehead atoms. The number of alkyl halides is 3. The lowest BCUT2D eigenvalue weighted by molar-refractivity contribution is -0.137. The van der Waals surface area contributed by atoms with Gasteiger partial charge in [-0.05, 0) is 71.8 Å². The molecule has 0 aliphatic carbocycles. The summed E-state index contributed by atoms with van der Waals surface area (Å²) in [6.45, 7) is 0.687. The van der Waals surface area contributed by atoms with Crippen molar-refractivity contribution in [3.8, 4) is 5.75 Å². The molecule has 0 aliphatic heterocycles. The Kier molecular flexibility index (Phi) is 6.61. The van der Waals surface area contributed by atoms with E-state index in [2.05, 4.69) is 22.5 Å². The number of benzene rings is 4. The lowest BCUT2D eigenvalue weighted by Gasteiger charge is -2.25. The molecule has 0 saturated carbocycles. The molecule has 0 atom stereocenters. The van der Waals surface area contributed by atoms with Crippen molar-refractivity contribution in [3.63, 3.8) is 0 Å². The number of hydrogen-bond acceptors (Lipinski definition) is 3. The first-order chi connectivity index (χ1) is 15.4. The van der Waals surface area contributed by atoms with Gasteiger partial charge in [-0.15, -0.1) is 0 Å². The van der Waals surface area contributed by atoms with Gasteiger partial charge in [0.05, 0.1) is 18.4 Å². The molecule has 32 heavy (non-hydrogen) atoms. The van der Waals surface area contributed by atoms with Crippen molar-refractivity contribution in [1.29, 1.82) is 0 Å². The Balaban J connectivity index is 1.62. The van der Waals surface area contributed by atoms with Crippen LogP contribution in [0.25, 0.3) is 10.8 Å². The SMILES string of the molecule is COc1ccc(CCN(Sc2ccc(C(F)(F)F)cc2)c2cccc3ccccc23)cc1. The Morgan fingerprint density at radius 2 is 1.50 bits per heavy atom. The fourth-order valence-corrected chi connectivity index (χ4v) is 4.45. The van der Waals surface area contributed by atoms with E-state index in [1.165, 1.54) is 24.1 Å². The molecule has 4 rings (SSSR count). The summed E-state index contributed by atoms with van der Waals surface area (Å²) >= 11 is 1.44. The van der Waals surface area contributed by atoms with E-state index >= 15 is 0 Å². The van der Waals surface area contributed by atoms with Crippen LogP contribution in [-0.2, 0) is 12.6 Å². The number of ether oxygens (including phenoxy) is 1. The molecule has 0 N–H and O–H groups in total. The van der Waals surface area contributed by atoms with Gasteiger partial charge in [-0.25, -0.2) is 0 Å². The second kappa shape index (κ2) is 9.57. The Hall–Kier alpha value is -3.12. The van der Waals surface area contributed by atoms with Crippen LogP contribution < -0.4 is 9.04 Å². The van der Waals surface area contributed by atoms with Crippen molar-refractivity contribution in [1.82, 2.24) is 0 Å². The van der Waals surface area contributed by atoms with Crippen molar-refractivity contribution >= 4 is 28.4 Å². The van der Waals surface area contributed by atoms with E-state index in [1.54, 1.807) is 7.11 Å². The van der Waals surface area contributed by atoms with Crippen molar-refractivity contribution in [2.75, 3.05) is 18.0 Å². The van der Waals surface area contributed by atoms with Crippen LogP contribution in [0.3, 0.4) is 0 Å². The smallest absolute Gasteiger partial charge is 0.416 e. The molecule has 0 unspecified atom stereocenters. The highest BCUT2D eigenvalue weighted by molar-refractivity contribution is 8.00. The second-order valence-corrected chi connectivity index (χ2v) is 8.41. The molecule has 2 nitrogen and oxygen atoms in total. The van der Waals surface area contributed by atoms with E-state index in [4.69, 9.17) is 4.74 Å². The van der Waals surface area contributed by atoms with Crippen LogP contribution in [0.5, 0.6) is 5.75 Å². The topological polar surface area (TPSA) is 12.5 Å². The summed E-state index contributed by atoms with van der Waals surface area (Å²) in [5, 5.41) is 2.22. The first-order valence-electron chi connectivity index (χ1n) is 10.2. The fraction of sp³-hybridized carbons (Fsp3) is 0.154. The molecule has 0 spiro atoms. The first-order valence-corrected chi connectivity index (χ1v) is 10.9. The molecule has 0 heterocycles. The maximum Gasteiger partial charge on any atom is 0.416 e. The number of halogens is 3. The minimum atomic E-state index is -4.34. The predicted molar refractivity (Wildman–Crippen MR) is 125 cm³/mol. The Bertz CT molecular complexity index is 1170. The Labute approximate surface area is 189 Å². The summed E-state index contributed by atoms with van der Waals surface area (Å²) in [6.07, 6.45) is -3.56. The van der Waals surface area contributed by atoms with Crippen LogP contribution >= 0.6 is 11.9 Å².